The van der Waals surface area contributed by atoms with Crippen LogP contribution in [0.15, 0.2) is 52.0 Å². The number of halogens is 1. The molecular formula is C13H13BrN2O2S. The SMILES string of the molecule is CS(=O)(=O)c1ccccc1NCc1cccc(Br)n1. The molecule has 1 aromatic heterocycles. The number of hydrogen-bond donors (Lipinski definition) is 1. The number of benzene rings is 1. The number of anilines is 1. The molecule has 2 rings (SSSR count). The molecular weight excluding hydrogens is 328 g/mol. The highest BCUT2D eigenvalue weighted by molar-refractivity contribution is 9.10. The van der Waals surface area contributed by atoms with Crippen molar-refractivity contribution in [3.8, 4) is 0 Å². The Morgan fingerprint density at radius 1 is 1.16 bits per heavy atom. The Hall–Kier alpha value is -1.40. The van der Waals surface area contributed by atoms with Crippen LogP contribution in [-0.2, 0) is 16.4 Å². The standard InChI is InChI=1S/C13H13BrN2O2S/c1-19(17,18)12-7-3-2-6-11(12)15-9-10-5-4-8-13(14)16-10/h2-8,15H,9H2,1H3. The summed E-state index contributed by atoms with van der Waals surface area (Å²) in [5.41, 5.74) is 1.42. The number of sulfone groups is 1. The molecule has 6 heteroatoms. The molecule has 0 aliphatic carbocycles. The number of rotatable bonds is 4. The molecule has 0 aliphatic rings. The van der Waals surface area contributed by atoms with Crippen LogP contribution in [0.2, 0.25) is 0 Å². The fourth-order valence-electron chi connectivity index (χ4n) is 1.67. The zero-order chi connectivity index (χ0) is 13.9. The average molecular weight is 341 g/mol. The molecule has 1 N–H and O–H groups in total. The van der Waals surface area contributed by atoms with Crippen molar-refractivity contribution in [1.82, 2.24) is 4.98 Å². The Morgan fingerprint density at radius 3 is 2.58 bits per heavy atom. The minimum atomic E-state index is -3.24. The van der Waals surface area contributed by atoms with Gasteiger partial charge in [-0.1, -0.05) is 18.2 Å². The van der Waals surface area contributed by atoms with Gasteiger partial charge in [-0.15, -0.1) is 0 Å². The van der Waals surface area contributed by atoms with Crippen molar-refractivity contribution in [1.29, 1.82) is 0 Å². The predicted molar refractivity (Wildman–Crippen MR) is 78.8 cm³/mol. The molecule has 0 radical (unpaired) electrons. The fraction of sp³-hybridized carbons (Fsp3) is 0.154. The van der Waals surface area contributed by atoms with Crippen molar-refractivity contribution in [2.45, 2.75) is 11.4 Å². The van der Waals surface area contributed by atoms with Gasteiger partial charge in [0.05, 0.1) is 22.8 Å². The maximum absolute atomic E-state index is 11.7. The van der Waals surface area contributed by atoms with Crippen molar-refractivity contribution in [3.05, 3.63) is 52.8 Å². The van der Waals surface area contributed by atoms with Gasteiger partial charge in [0.2, 0.25) is 0 Å². The second-order valence-corrected chi connectivity index (χ2v) is 6.87. The van der Waals surface area contributed by atoms with E-state index in [0.29, 0.717) is 17.1 Å². The van der Waals surface area contributed by atoms with E-state index in [-0.39, 0.29) is 0 Å². The molecule has 0 aliphatic heterocycles. The number of para-hydroxylation sites is 1. The molecule has 1 heterocycles. The topological polar surface area (TPSA) is 59.1 Å². The lowest BCUT2D eigenvalue weighted by atomic mass is 10.3. The third kappa shape index (κ3) is 3.78. The first-order valence-corrected chi connectivity index (χ1v) is 8.29. The Kier molecular flexibility index (Phi) is 4.21. The second kappa shape index (κ2) is 5.71. The number of aromatic nitrogens is 1. The van der Waals surface area contributed by atoms with Gasteiger partial charge in [0, 0.05) is 6.26 Å². The van der Waals surface area contributed by atoms with E-state index in [1.165, 1.54) is 6.26 Å². The van der Waals surface area contributed by atoms with Crippen LogP contribution in [-0.4, -0.2) is 19.7 Å². The van der Waals surface area contributed by atoms with Crippen LogP contribution < -0.4 is 5.32 Å². The third-order valence-electron chi connectivity index (χ3n) is 2.52. The van der Waals surface area contributed by atoms with Gasteiger partial charge in [-0.05, 0) is 40.2 Å². The van der Waals surface area contributed by atoms with E-state index in [1.807, 2.05) is 18.2 Å². The lowest BCUT2D eigenvalue weighted by molar-refractivity contribution is 0.602. The normalized spacial score (nSPS) is 11.3. The lowest BCUT2D eigenvalue weighted by Gasteiger charge is -2.10. The van der Waals surface area contributed by atoms with Gasteiger partial charge in [0.15, 0.2) is 9.84 Å². The van der Waals surface area contributed by atoms with Gasteiger partial charge in [0.25, 0.3) is 0 Å². The second-order valence-electron chi connectivity index (χ2n) is 4.07. The van der Waals surface area contributed by atoms with E-state index in [1.54, 1.807) is 24.3 Å². The number of nitrogens with one attached hydrogen (secondary N) is 1. The van der Waals surface area contributed by atoms with Gasteiger partial charge in [-0.3, -0.25) is 0 Å². The Morgan fingerprint density at radius 2 is 1.89 bits per heavy atom. The molecule has 0 amide bonds. The van der Waals surface area contributed by atoms with Crippen LogP contribution in [0.3, 0.4) is 0 Å². The van der Waals surface area contributed by atoms with E-state index in [2.05, 4.69) is 26.2 Å². The Bertz CT molecular complexity index is 687. The van der Waals surface area contributed by atoms with Crippen LogP contribution in [0, 0.1) is 0 Å². The summed E-state index contributed by atoms with van der Waals surface area (Å²) in [5.74, 6) is 0. The van der Waals surface area contributed by atoms with Crippen LogP contribution in [0.5, 0.6) is 0 Å². The zero-order valence-corrected chi connectivity index (χ0v) is 12.7. The van der Waals surface area contributed by atoms with Gasteiger partial charge >= 0.3 is 0 Å². The molecule has 0 fully saturated rings. The van der Waals surface area contributed by atoms with Crippen LogP contribution >= 0.6 is 15.9 Å². The van der Waals surface area contributed by atoms with Crippen molar-refractivity contribution < 1.29 is 8.42 Å². The fourth-order valence-corrected chi connectivity index (χ4v) is 2.92. The van der Waals surface area contributed by atoms with Gasteiger partial charge in [-0.25, -0.2) is 13.4 Å². The lowest BCUT2D eigenvalue weighted by Crippen LogP contribution is -2.07. The summed E-state index contributed by atoms with van der Waals surface area (Å²) in [6, 6.07) is 12.4. The van der Waals surface area contributed by atoms with Crippen molar-refractivity contribution in [3.63, 3.8) is 0 Å². The molecule has 19 heavy (non-hydrogen) atoms. The molecule has 2 aromatic rings. The molecule has 0 saturated heterocycles. The number of nitrogens with zero attached hydrogens (tertiary/aromatic N) is 1. The summed E-state index contributed by atoms with van der Waals surface area (Å²) in [5, 5.41) is 3.10. The monoisotopic (exact) mass is 340 g/mol. The van der Waals surface area contributed by atoms with Gasteiger partial charge < -0.3 is 5.32 Å². The quantitative estimate of drug-likeness (QED) is 0.869. The molecule has 0 saturated carbocycles. The van der Waals surface area contributed by atoms with E-state index >= 15 is 0 Å². The van der Waals surface area contributed by atoms with Gasteiger partial charge in [-0.2, -0.15) is 0 Å². The minimum Gasteiger partial charge on any atom is -0.378 e. The largest absolute Gasteiger partial charge is 0.378 e. The summed E-state index contributed by atoms with van der Waals surface area (Å²) in [6.45, 7) is 0.464. The highest BCUT2D eigenvalue weighted by Gasteiger charge is 2.12. The molecule has 0 atom stereocenters. The van der Waals surface area contributed by atoms with Crippen LogP contribution in [0.25, 0.3) is 0 Å². The predicted octanol–water partition coefficient (Wildman–Crippen LogP) is 2.86. The maximum atomic E-state index is 11.7. The first-order valence-electron chi connectivity index (χ1n) is 5.61. The summed E-state index contributed by atoms with van der Waals surface area (Å²) < 4.78 is 24.1. The molecule has 100 valence electrons. The summed E-state index contributed by atoms with van der Waals surface area (Å²) >= 11 is 3.30. The summed E-state index contributed by atoms with van der Waals surface area (Å²) in [4.78, 5) is 4.58. The number of hydrogen-bond acceptors (Lipinski definition) is 4. The average Bonchev–Trinajstić information content (AvgIpc) is 2.36. The Labute approximate surface area is 120 Å². The first-order chi connectivity index (χ1) is 8.97. The maximum Gasteiger partial charge on any atom is 0.177 e. The Balaban J connectivity index is 2.21. The molecule has 0 bridgehead atoms. The summed E-state index contributed by atoms with van der Waals surface area (Å²) in [6.07, 6.45) is 1.20. The van der Waals surface area contributed by atoms with E-state index < -0.39 is 9.84 Å². The van der Waals surface area contributed by atoms with E-state index in [4.69, 9.17) is 0 Å². The van der Waals surface area contributed by atoms with E-state index in [9.17, 15) is 8.42 Å². The van der Waals surface area contributed by atoms with Crippen LogP contribution in [0.4, 0.5) is 5.69 Å². The molecule has 4 nitrogen and oxygen atoms in total. The van der Waals surface area contributed by atoms with Crippen molar-refractivity contribution in [2.24, 2.45) is 0 Å². The third-order valence-corrected chi connectivity index (χ3v) is 4.12. The first kappa shape index (κ1) is 14.0. The zero-order valence-electron chi connectivity index (χ0n) is 10.3. The molecule has 0 unspecified atom stereocenters. The molecule has 1 aromatic carbocycles. The number of pyridine rings is 1. The smallest absolute Gasteiger partial charge is 0.177 e. The van der Waals surface area contributed by atoms with Crippen molar-refractivity contribution >= 4 is 31.5 Å². The highest BCUT2D eigenvalue weighted by atomic mass is 79.9. The summed E-state index contributed by atoms with van der Waals surface area (Å²) in [7, 11) is -3.24. The van der Waals surface area contributed by atoms with Crippen LogP contribution in [0.1, 0.15) is 5.69 Å². The van der Waals surface area contributed by atoms with Gasteiger partial charge in [0.1, 0.15) is 4.60 Å². The highest BCUT2D eigenvalue weighted by Crippen LogP contribution is 2.21. The molecule has 0 spiro atoms. The minimum absolute atomic E-state index is 0.296. The van der Waals surface area contributed by atoms with Crippen molar-refractivity contribution in [2.75, 3.05) is 11.6 Å². The van der Waals surface area contributed by atoms with E-state index in [0.717, 1.165) is 10.3 Å².